The van der Waals surface area contributed by atoms with Gasteiger partial charge in [0.1, 0.15) is 16.1 Å². The van der Waals surface area contributed by atoms with Crippen LogP contribution in [0.1, 0.15) is 75.1 Å². The van der Waals surface area contributed by atoms with Crippen molar-refractivity contribution in [3.05, 3.63) is 166 Å². The van der Waals surface area contributed by atoms with Gasteiger partial charge >= 0.3 is 0 Å². The molecule has 2 fully saturated rings. The standard InChI is InChI=1S/C35H37N9O4.C16H13ClN4O2.C6H3BrClNO/c1-22-17-41(26-20-48-21-26)11-12-42(22)25-6-7-32(37-15-25)39-30-13-23(18-40(2)35(30)47)27-8-9-36-33(29(27)19-45)44-34(46)28-14-24-5-3-4-10-43(24)31(28)16-38-44;17-13-4-5-18-15(12(13)9-22)21-16(23)11-7-10-3-1-2-6-20(10)14(11)8-19-21;7-6-4(3-10)5(8)1-2-9-6/h6-9,13-16,18-19,22,26H,3-5,10-12,17,20-21H2,1-2H3,(H,37,39);4-5,7-9H,1-3,6H2;1-3H/t22-;;/m0../s1. The molecule has 21 nitrogen and oxygen atoms in total. The van der Waals surface area contributed by atoms with Gasteiger partial charge in [-0.3, -0.25) is 33.7 Å². The normalized spacial score (nSPS) is 16.1. The van der Waals surface area contributed by atoms with Gasteiger partial charge in [-0.1, -0.05) is 23.2 Å². The van der Waals surface area contributed by atoms with Gasteiger partial charge in [0, 0.05) is 87.6 Å². The lowest BCUT2D eigenvalue weighted by Crippen LogP contribution is -2.59. The first-order valence-electron chi connectivity index (χ1n) is 26.4. The number of carbonyl (C=O) groups excluding carboxylic acids is 3. The number of piperazine rings is 1. The number of aldehydes is 3. The fraction of sp³-hybridized carbons (Fsp3) is 0.298. The minimum atomic E-state index is -0.330. The van der Waals surface area contributed by atoms with E-state index in [0.717, 1.165) is 117 Å². The van der Waals surface area contributed by atoms with Gasteiger partial charge < -0.3 is 28.7 Å². The van der Waals surface area contributed by atoms with Crippen LogP contribution in [0.5, 0.6) is 0 Å². The first kappa shape index (κ1) is 54.9. The van der Waals surface area contributed by atoms with Crippen LogP contribution in [0.4, 0.5) is 17.2 Å². The summed E-state index contributed by atoms with van der Waals surface area (Å²) in [4.78, 5) is 95.8. The van der Waals surface area contributed by atoms with Gasteiger partial charge in [0.2, 0.25) is 0 Å². The maximum Gasteiger partial charge on any atom is 0.282 e. The Morgan fingerprint density at radius 1 is 0.667 bits per heavy atom. The summed E-state index contributed by atoms with van der Waals surface area (Å²) in [5.74, 6) is 0.815. The molecule has 81 heavy (non-hydrogen) atoms. The number of rotatable bonds is 10. The molecular weight excluding hydrogens is 1140 g/mol. The van der Waals surface area contributed by atoms with Crippen LogP contribution in [-0.4, -0.2) is 122 Å². The van der Waals surface area contributed by atoms with Gasteiger partial charge in [-0.15, -0.1) is 0 Å². The number of ether oxygens (including phenoxy) is 1. The molecule has 0 aliphatic carbocycles. The summed E-state index contributed by atoms with van der Waals surface area (Å²) in [5, 5.41) is 13.6. The van der Waals surface area contributed by atoms with E-state index in [2.05, 4.69) is 77.2 Å². The summed E-state index contributed by atoms with van der Waals surface area (Å²) < 4.78 is 13.9. The molecule has 1 N–H and O–H groups in total. The van der Waals surface area contributed by atoms with E-state index in [1.807, 2.05) is 30.5 Å². The fourth-order valence-corrected chi connectivity index (χ4v) is 11.8. The zero-order valence-electron chi connectivity index (χ0n) is 44.0. The predicted molar refractivity (Wildman–Crippen MR) is 311 cm³/mol. The quantitative estimate of drug-likeness (QED) is 0.101. The summed E-state index contributed by atoms with van der Waals surface area (Å²) in [6.07, 6.45) is 19.5. The molecule has 1 atom stereocenters. The first-order chi connectivity index (χ1) is 39.3. The lowest BCUT2D eigenvalue weighted by Gasteiger charge is -2.46. The van der Waals surface area contributed by atoms with Gasteiger partial charge in [-0.2, -0.15) is 19.6 Å². The highest BCUT2D eigenvalue weighted by molar-refractivity contribution is 9.10. The van der Waals surface area contributed by atoms with Crippen LogP contribution in [-0.2, 0) is 37.7 Å². The second-order valence-electron chi connectivity index (χ2n) is 20.1. The van der Waals surface area contributed by atoms with E-state index in [1.54, 1.807) is 50.0 Å². The van der Waals surface area contributed by atoms with Crippen molar-refractivity contribution in [3.8, 4) is 22.8 Å². The van der Waals surface area contributed by atoms with E-state index < -0.39 is 0 Å². The number of aromatic nitrogens is 11. The zero-order chi connectivity index (χ0) is 56.5. The molecule has 0 amide bonds. The number of nitrogens with one attached hydrogen (secondary N) is 1. The highest BCUT2D eigenvalue weighted by Gasteiger charge is 2.32. The molecule has 0 bridgehead atoms. The lowest BCUT2D eigenvalue weighted by atomic mass is 10.0. The van der Waals surface area contributed by atoms with Gasteiger partial charge in [0.15, 0.2) is 30.5 Å². The van der Waals surface area contributed by atoms with Crippen LogP contribution in [0, 0.1) is 0 Å². The Labute approximate surface area is 480 Å². The molecular formula is C57H53BrCl2N14O7. The number of anilines is 3. The highest BCUT2D eigenvalue weighted by Crippen LogP contribution is 2.31. The van der Waals surface area contributed by atoms with Crippen molar-refractivity contribution in [2.75, 3.05) is 43.1 Å². The predicted octanol–water partition coefficient (Wildman–Crippen LogP) is 7.84. The third-order valence-corrected chi connectivity index (χ3v) is 16.5. The van der Waals surface area contributed by atoms with Gasteiger partial charge in [-0.05, 0) is 115 Å². The monoisotopic (exact) mass is 1190 g/mol. The van der Waals surface area contributed by atoms with Gasteiger partial charge in [-0.25, -0.2) is 19.9 Å². The minimum absolute atomic E-state index is 0.135. The van der Waals surface area contributed by atoms with Gasteiger partial charge in [0.25, 0.3) is 16.7 Å². The SMILES string of the molecule is C[C@H]1CN(C2COC2)CCN1c1ccc(Nc2cc(-c3ccnc(-n4ncc5c(cc6n5CCCC6)c4=O)c3C=O)cn(C)c2=O)nc1.O=Cc1c(Cl)ccnc1-n1ncc2c(cc3n2CCCC3)c1=O.O=Cc1c(Cl)ccnc1Br. The lowest BCUT2D eigenvalue weighted by molar-refractivity contribution is -0.0691. The minimum Gasteiger partial charge on any atom is -0.378 e. The van der Waals surface area contributed by atoms with E-state index in [-0.39, 0.29) is 44.5 Å². The Balaban J connectivity index is 0.000000171. The molecule has 0 saturated carbocycles. The number of nitrogens with zero attached hydrogens (tertiary/aromatic N) is 13. The molecule has 9 aromatic rings. The number of halogens is 3. The molecule has 13 rings (SSSR count). The second-order valence-corrected chi connectivity index (χ2v) is 21.7. The molecule has 4 aliphatic heterocycles. The Bertz CT molecular complexity index is 4080. The van der Waals surface area contributed by atoms with Crippen molar-refractivity contribution in [3.63, 3.8) is 0 Å². The number of hydrogen-bond acceptors (Lipinski definition) is 16. The van der Waals surface area contributed by atoms with Crippen LogP contribution in [0.15, 0.2) is 111 Å². The number of fused-ring (bicyclic) bond motifs is 6. The molecule has 4 aliphatic rings. The van der Waals surface area contributed by atoms with Crippen molar-refractivity contribution in [1.29, 1.82) is 0 Å². The topological polar surface area (TPSA) is 232 Å². The number of aryl methyl sites for hydroxylation is 5. The number of hydrogen-bond donors (Lipinski definition) is 1. The van der Waals surface area contributed by atoms with Crippen LogP contribution >= 0.6 is 39.1 Å². The summed E-state index contributed by atoms with van der Waals surface area (Å²) in [6.45, 7) is 8.48. The smallest absolute Gasteiger partial charge is 0.282 e. The summed E-state index contributed by atoms with van der Waals surface area (Å²) in [6, 6.07) is 15.1. The van der Waals surface area contributed by atoms with E-state index in [4.69, 9.17) is 27.9 Å². The molecule has 414 valence electrons. The average molecular weight is 1200 g/mol. The van der Waals surface area contributed by atoms with Crippen LogP contribution in [0.2, 0.25) is 10.0 Å². The first-order valence-corrected chi connectivity index (χ1v) is 27.9. The van der Waals surface area contributed by atoms with Crippen molar-refractivity contribution < 1.29 is 19.1 Å². The zero-order valence-corrected chi connectivity index (χ0v) is 47.1. The Hall–Kier alpha value is -8.02. The Morgan fingerprint density at radius 3 is 1.80 bits per heavy atom. The van der Waals surface area contributed by atoms with E-state index in [1.165, 1.54) is 27.7 Å². The van der Waals surface area contributed by atoms with Crippen LogP contribution in [0.3, 0.4) is 0 Å². The maximum atomic E-state index is 13.7. The molecule has 9 aromatic heterocycles. The highest BCUT2D eigenvalue weighted by atomic mass is 79.9. The van der Waals surface area contributed by atoms with E-state index >= 15 is 0 Å². The summed E-state index contributed by atoms with van der Waals surface area (Å²) in [7, 11) is 1.65. The van der Waals surface area contributed by atoms with E-state index in [0.29, 0.717) is 79.5 Å². The van der Waals surface area contributed by atoms with Gasteiger partial charge in [0.05, 0.1) is 92.1 Å². The third kappa shape index (κ3) is 10.8. The number of carbonyl (C=O) groups is 3. The molecule has 0 unspecified atom stereocenters. The van der Waals surface area contributed by atoms with E-state index in [9.17, 15) is 28.8 Å². The fourth-order valence-electron chi connectivity index (χ4n) is 10.9. The van der Waals surface area contributed by atoms with Crippen molar-refractivity contribution in [2.45, 2.75) is 70.6 Å². The molecule has 0 radical (unpaired) electrons. The molecule has 0 aromatic carbocycles. The Morgan fingerprint density at radius 2 is 1.26 bits per heavy atom. The molecule has 0 spiro atoms. The molecule has 2 saturated heterocycles. The summed E-state index contributed by atoms with van der Waals surface area (Å²) in [5.41, 5.74) is 6.21. The molecule has 13 heterocycles. The Kier molecular flexibility index (Phi) is 16.0. The molecule has 24 heteroatoms. The number of pyridine rings is 5. The average Bonchev–Trinajstić information content (AvgIpc) is 4.16. The van der Waals surface area contributed by atoms with Crippen molar-refractivity contribution in [1.82, 2.24) is 58.1 Å². The maximum absolute atomic E-state index is 13.7. The van der Waals surface area contributed by atoms with Crippen LogP contribution < -0.4 is 26.9 Å². The van der Waals surface area contributed by atoms with Crippen LogP contribution in [0.25, 0.3) is 44.6 Å². The third-order valence-electron chi connectivity index (χ3n) is 15.2. The second kappa shape index (κ2) is 23.6. The summed E-state index contributed by atoms with van der Waals surface area (Å²) >= 11 is 14.7. The van der Waals surface area contributed by atoms with Crippen molar-refractivity contribution in [2.24, 2.45) is 7.05 Å². The largest absolute Gasteiger partial charge is 0.378 e. The van der Waals surface area contributed by atoms with Crippen molar-refractivity contribution >= 4 is 97.0 Å².